The van der Waals surface area contributed by atoms with Gasteiger partial charge in [-0.15, -0.1) is 0 Å². The summed E-state index contributed by atoms with van der Waals surface area (Å²) in [7, 11) is 1.40. The largest absolute Gasteiger partial charge is 0.496 e. The first-order valence-electron chi connectivity index (χ1n) is 5.88. The van der Waals surface area contributed by atoms with Crippen molar-refractivity contribution in [3.8, 4) is 11.5 Å². The van der Waals surface area contributed by atoms with Gasteiger partial charge in [-0.25, -0.2) is 9.18 Å². The lowest BCUT2D eigenvalue weighted by Crippen LogP contribution is -2.02. The molecule has 5 heteroatoms. The molecule has 0 spiro atoms. The van der Waals surface area contributed by atoms with Gasteiger partial charge < -0.3 is 14.6 Å². The minimum Gasteiger partial charge on any atom is -0.496 e. The molecule has 2 aromatic carbocycles. The number of aromatic carboxylic acids is 1. The van der Waals surface area contributed by atoms with Crippen molar-refractivity contribution in [1.29, 1.82) is 0 Å². The Balaban J connectivity index is 2.14. The first-order valence-corrected chi connectivity index (χ1v) is 5.88. The number of carboxylic acids is 1. The first-order chi connectivity index (χ1) is 9.60. The number of hydrogen-bond acceptors (Lipinski definition) is 3. The highest BCUT2D eigenvalue weighted by molar-refractivity contribution is 5.91. The zero-order chi connectivity index (χ0) is 14.5. The number of halogens is 1. The summed E-state index contributed by atoms with van der Waals surface area (Å²) in [4.78, 5) is 11.1. The van der Waals surface area contributed by atoms with Gasteiger partial charge in [0.15, 0.2) is 0 Å². The zero-order valence-corrected chi connectivity index (χ0v) is 10.8. The molecule has 0 aliphatic rings. The molecule has 4 nitrogen and oxygen atoms in total. The molecule has 0 aliphatic carbocycles. The van der Waals surface area contributed by atoms with Gasteiger partial charge in [0.2, 0.25) is 0 Å². The number of ether oxygens (including phenoxy) is 2. The molecule has 20 heavy (non-hydrogen) atoms. The summed E-state index contributed by atoms with van der Waals surface area (Å²) in [6.07, 6.45) is 0. The van der Waals surface area contributed by atoms with Crippen LogP contribution in [0.5, 0.6) is 11.5 Å². The Morgan fingerprint density at radius 1 is 1.25 bits per heavy atom. The topological polar surface area (TPSA) is 55.8 Å². The Hall–Kier alpha value is -2.56. The van der Waals surface area contributed by atoms with E-state index in [1.165, 1.54) is 31.4 Å². The van der Waals surface area contributed by atoms with Crippen LogP contribution < -0.4 is 9.47 Å². The second kappa shape index (κ2) is 6.06. The minimum absolute atomic E-state index is 0.0178. The van der Waals surface area contributed by atoms with Crippen molar-refractivity contribution in [2.24, 2.45) is 0 Å². The van der Waals surface area contributed by atoms with Gasteiger partial charge in [-0.1, -0.05) is 12.1 Å². The average molecular weight is 276 g/mol. The fourth-order valence-electron chi connectivity index (χ4n) is 1.74. The van der Waals surface area contributed by atoms with Crippen LogP contribution in [-0.2, 0) is 6.61 Å². The third kappa shape index (κ3) is 3.26. The van der Waals surface area contributed by atoms with E-state index in [0.717, 1.165) is 0 Å². The second-order valence-electron chi connectivity index (χ2n) is 4.09. The van der Waals surface area contributed by atoms with Crippen molar-refractivity contribution >= 4 is 5.97 Å². The smallest absolute Gasteiger partial charge is 0.339 e. The molecule has 0 saturated carbocycles. The maximum Gasteiger partial charge on any atom is 0.339 e. The molecule has 0 heterocycles. The number of hydrogen-bond donors (Lipinski definition) is 1. The molecular formula is C15H13FO4. The quantitative estimate of drug-likeness (QED) is 0.911. The van der Waals surface area contributed by atoms with E-state index in [1.807, 2.05) is 0 Å². The molecular weight excluding hydrogens is 263 g/mol. The molecule has 0 atom stereocenters. The summed E-state index contributed by atoms with van der Waals surface area (Å²) < 4.78 is 23.4. The predicted molar refractivity (Wildman–Crippen MR) is 70.7 cm³/mol. The van der Waals surface area contributed by atoms with Crippen LogP contribution in [0.1, 0.15) is 15.9 Å². The lowest BCUT2D eigenvalue weighted by atomic mass is 10.2. The van der Waals surface area contributed by atoms with Crippen LogP contribution in [-0.4, -0.2) is 18.2 Å². The van der Waals surface area contributed by atoms with Crippen molar-refractivity contribution in [3.63, 3.8) is 0 Å². The molecule has 0 radical (unpaired) electrons. The highest BCUT2D eigenvalue weighted by Crippen LogP contribution is 2.24. The molecule has 0 unspecified atom stereocenters. The van der Waals surface area contributed by atoms with Gasteiger partial charge in [0.1, 0.15) is 29.5 Å². The van der Waals surface area contributed by atoms with Crippen molar-refractivity contribution in [2.75, 3.05) is 7.11 Å². The van der Waals surface area contributed by atoms with Crippen LogP contribution in [0.4, 0.5) is 4.39 Å². The van der Waals surface area contributed by atoms with E-state index in [4.69, 9.17) is 14.6 Å². The molecule has 2 rings (SSSR count). The third-order valence-corrected chi connectivity index (χ3v) is 2.70. The first kappa shape index (κ1) is 13.9. The molecule has 0 bridgehead atoms. The molecule has 2 aromatic rings. The van der Waals surface area contributed by atoms with Crippen molar-refractivity contribution < 1.29 is 23.8 Å². The highest BCUT2D eigenvalue weighted by atomic mass is 19.1. The van der Waals surface area contributed by atoms with Crippen LogP contribution in [0.3, 0.4) is 0 Å². The van der Waals surface area contributed by atoms with E-state index < -0.39 is 5.97 Å². The standard InChI is InChI=1S/C15H13FO4/c1-19-14-6-5-12(8-13(14)15(17)18)20-9-10-3-2-4-11(16)7-10/h2-8H,9H2,1H3,(H,17,18). The van der Waals surface area contributed by atoms with Gasteiger partial charge in [-0.05, 0) is 35.9 Å². The summed E-state index contributed by atoms with van der Waals surface area (Å²) in [5.41, 5.74) is 0.682. The number of carboxylic acid groups (broad SMARTS) is 1. The molecule has 0 aliphatic heterocycles. The number of methoxy groups -OCH3 is 1. The predicted octanol–water partition coefficient (Wildman–Crippen LogP) is 3.11. The summed E-state index contributed by atoms with van der Waals surface area (Å²) in [5.74, 6) is -0.798. The summed E-state index contributed by atoms with van der Waals surface area (Å²) in [6.45, 7) is 0.156. The lowest BCUT2D eigenvalue weighted by Gasteiger charge is -2.09. The highest BCUT2D eigenvalue weighted by Gasteiger charge is 2.12. The van der Waals surface area contributed by atoms with Gasteiger partial charge in [-0.2, -0.15) is 0 Å². The van der Waals surface area contributed by atoms with E-state index in [2.05, 4.69) is 0 Å². The molecule has 0 fully saturated rings. The maximum absolute atomic E-state index is 13.0. The summed E-state index contributed by atoms with van der Waals surface area (Å²) >= 11 is 0. The fourth-order valence-corrected chi connectivity index (χ4v) is 1.74. The van der Waals surface area contributed by atoms with Crippen LogP contribution >= 0.6 is 0 Å². The van der Waals surface area contributed by atoms with E-state index in [1.54, 1.807) is 18.2 Å². The van der Waals surface area contributed by atoms with Gasteiger partial charge >= 0.3 is 5.97 Å². The normalized spacial score (nSPS) is 10.1. The third-order valence-electron chi connectivity index (χ3n) is 2.70. The number of carbonyl (C=O) groups is 1. The van der Waals surface area contributed by atoms with Gasteiger partial charge in [0, 0.05) is 0 Å². The fraction of sp³-hybridized carbons (Fsp3) is 0.133. The second-order valence-corrected chi connectivity index (χ2v) is 4.09. The van der Waals surface area contributed by atoms with Crippen molar-refractivity contribution in [3.05, 3.63) is 59.4 Å². The number of benzene rings is 2. The monoisotopic (exact) mass is 276 g/mol. The number of rotatable bonds is 5. The lowest BCUT2D eigenvalue weighted by molar-refractivity contribution is 0.0692. The van der Waals surface area contributed by atoms with Gasteiger partial charge in [0.25, 0.3) is 0 Å². The Morgan fingerprint density at radius 2 is 2.05 bits per heavy atom. The molecule has 0 aromatic heterocycles. The molecule has 104 valence electrons. The summed E-state index contributed by atoms with van der Waals surface area (Å²) in [6, 6.07) is 10.5. The zero-order valence-electron chi connectivity index (χ0n) is 10.8. The SMILES string of the molecule is COc1ccc(OCc2cccc(F)c2)cc1C(=O)O. The maximum atomic E-state index is 13.0. The van der Waals surface area contributed by atoms with E-state index in [-0.39, 0.29) is 23.7 Å². The summed E-state index contributed by atoms with van der Waals surface area (Å²) in [5, 5.41) is 9.06. The van der Waals surface area contributed by atoms with E-state index in [0.29, 0.717) is 11.3 Å². The van der Waals surface area contributed by atoms with Crippen molar-refractivity contribution in [2.45, 2.75) is 6.61 Å². The van der Waals surface area contributed by atoms with E-state index in [9.17, 15) is 9.18 Å². The van der Waals surface area contributed by atoms with Crippen LogP contribution in [0.2, 0.25) is 0 Å². The minimum atomic E-state index is -1.10. The van der Waals surface area contributed by atoms with Crippen molar-refractivity contribution in [1.82, 2.24) is 0 Å². The van der Waals surface area contributed by atoms with Crippen LogP contribution in [0.15, 0.2) is 42.5 Å². The van der Waals surface area contributed by atoms with Gasteiger partial charge in [0.05, 0.1) is 7.11 Å². The average Bonchev–Trinajstić information content (AvgIpc) is 2.45. The van der Waals surface area contributed by atoms with E-state index >= 15 is 0 Å². The Labute approximate surface area is 115 Å². The van der Waals surface area contributed by atoms with Crippen LogP contribution in [0.25, 0.3) is 0 Å². The molecule has 1 N–H and O–H groups in total. The molecule has 0 saturated heterocycles. The Kier molecular flexibility index (Phi) is 4.20. The van der Waals surface area contributed by atoms with Gasteiger partial charge in [-0.3, -0.25) is 0 Å². The Morgan fingerprint density at radius 3 is 2.70 bits per heavy atom. The Bertz CT molecular complexity index is 625. The van der Waals surface area contributed by atoms with Crippen LogP contribution in [0, 0.1) is 5.82 Å². The molecule has 0 amide bonds.